The lowest BCUT2D eigenvalue weighted by molar-refractivity contribution is 0.0692. The van der Waals surface area contributed by atoms with Gasteiger partial charge in [-0.25, -0.2) is 9.97 Å². The zero-order chi connectivity index (χ0) is 26.5. The van der Waals surface area contributed by atoms with Gasteiger partial charge in [0.25, 0.3) is 11.5 Å². The molecule has 9 heteroatoms. The number of benzene rings is 2. The molecule has 4 aromatic rings. The number of ether oxygens (including phenoxy) is 1. The van der Waals surface area contributed by atoms with E-state index < -0.39 is 0 Å². The van der Waals surface area contributed by atoms with Gasteiger partial charge in [-0.2, -0.15) is 0 Å². The van der Waals surface area contributed by atoms with Crippen LogP contribution in [0.3, 0.4) is 0 Å². The van der Waals surface area contributed by atoms with E-state index >= 15 is 0 Å². The van der Waals surface area contributed by atoms with Crippen LogP contribution in [-0.2, 0) is 7.05 Å². The number of piperidine rings is 1. The molecule has 0 aliphatic carbocycles. The van der Waals surface area contributed by atoms with E-state index in [9.17, 15) is 9.59 Å². The van der Waals surface area contributed by atoms with Gasteiger partial charge in [-0.1, -0.05) is 30.3 Å². The van der Waals surface area contributed by atoms with Crippen molar-refractivity contribution in [2.24, 2.45) is 13.0 Å². The summed E-state index contributed by atoms with van der Waals surface area (Å²) < 4.78 is 7.33. The van der Waals surface area contributed by atoms with Crippen LogP contribution in [0.1, 0.15) is 23.2 Å². The maximum atomic E-state index is 12.9. The lowest BCUT2D eigenvalue weighted by Gasteiger charge is -2.32. The molecule has 1 aliphatic rings. The molecule has 2 aromatic carbocycles. The minimum atomic E-state index is -0.269. The first-order valence-electron chi connectivity index (χ1n) is 12.6. The number of pyridine rings is 1. The van der Waals surface area contributed by atoms with Crippen molar-refractivity contribution in [2.75, 3.05) is 30.7 Å². The molecular formula is C29H30N6O3. The van der Waals surface area contributed by atoms with Gasteiger partial charge in [-0.05, 0) is 60.7 Å². The van der Waals surface area contributed by atoms with Gasteiger partial charge in [-0.15, -0.1) is 0 Å². The minimum absolute atomic E-state index is 0.205. The van der Waals surface area contributed by atoms with Crippen molar-refractivity contribution < 1.29 is 9.53 Å². The molecule has 9 nitrogen and oxygen atoms in total. The van der Waals surface area contributed by atoms with E-state index in [0.29, 0.717) is 37.2 Å². The van der Waals surface area contributed by atoms with E-state index in [0.717, 1.165) is 35.5 Å². The number of rotatable bonds is 7. The molecule has 1 aliphatic heterocycles. The lowest BCUT2D eigenvalue weighted by atomic mass is 9.96. The first-order chi connectivity index (χ1) is 18.5. The van der Waals surface area contributed by atoms with Crippen LogP contribution in [0, 0.1) is 5.92 Å². The number of aryl methyl sites for hydroxylation is 1. The maximum Gasteiger partial charge on any atom is 0.263 e. The molecule has 0 bridgehead atoms. The van der Waals surface area contributed by atoms with Crippen molar-refractivity contribution >= 4 is 17.5 Å². The molecule has 1 fully saturated rings. The summed E-state index contributed by atoms with van der Waals surface area (Å²) in [6, 6.07) is 20.6. The number of nitrogens with two attached hydrogens (primary N) is 1. The number of para-hydroxylation sites is 1. The Kier molecular flexibility index (Phi) is 7.35. The number of anilines is 2. The molecule has 0 spiro atoms. The number of nitrogens with one attached hydrogen (secondary N) is 1. The molecule has 1 saturated heterocycles. The molecule has 1 amide bonds. The molecule has 2 aromatic heterocycles. The van der Waals surface area contributed by atoms with Crippen LogP contribution >= 0.6 is 0 Å². The average molecular weight is 511 g/mol. The van der Waals surface area contributed by atoms with Crippen LogP contribution in [0.2, 0.25) is 0 Å². The average Bonchev–Trinajstić information content (AvgIpc) is 2.94. The Morgan fingerprint density at radius 3 is 2.45 bits per heavy atom. The van der Waals surface area contributed by atoms with Crippen molar-refractivity contribution in [1.29, 1.82) is 0 Å². The van der Waals surface area contributed by atoms with E-state index in [1.54, 1.807) is 30.3 Å². The number of hydrogen-bond donors (Lipinski definition) is 2. The Balaban J connectivity index is 1.21. The molecule has 5 rings (SSSR count). The van der Waals surface area contributed by atoms with Crippen molar-refractivity contribution in [3.63, 3.8) is 0 Å². The first-order valence-corrected chi connectivity index (χ1v) is 12.6. The van der Waals surface area contributed by atoms with Gasteiger partial charge in [0, 0.05) is 32.9 Å². The standard InChI is InChI=1S/C29H30N6O3/c1-34-15-5-8-24(28(34)36)29(37)35-16-13-20(14-17-35)18-31-27-25(26(30)32-19-33-27)21-9-11-23(12-10-21)38-22-6-3-2-4-7-22/h2-12,15,19-20H,13-14,16-18H2,1H3,(H3,30,31,32,33). The third kappa shape index (κ3) is 5.51. The third-order valence-electron chi connectivity index (χ3n) is 6.81. The smallest absolute Gasteiger partial charge is 0.263 e. The molecule has 0 unspecified atom stereocenters. The largest absolute Gasteiger partial charge is 0.457 e. The fraction of sp³-hybridized carbons (Fsp3) is 0.241. The van der Waals surface area contributed by atoms with Gasteiger partial charge in [-0.3, -0.25) is 9.59 Å². The number of hydrogen-bond acceptors (Lipinski definition) is 7. The number of likely N-dealkylation sites (tertiary alicyclic amines) is 1. The van der Waals surface area contributed by atoms with Crippen LogP contribution in [-0.4, -0.2) is 45.0 Å². The second-order valence-electron chi connectivity index (χ2n) is 9.38. The summed E-state index contributed by atoms with van der Waals surface area (Å²) >= 11 is 0. The molecule has 0 atom stereocenters. The van der Waals surface area contributed by atoms with Crippen molar-refractivity contribution in [3.8, 4) is 22.6 Å². The summed E-state index contributed by atoms with van der Waals surface area (Å²) in [7, 11) is 1.65. The second kappa shape index (κ2) is 11.2. The Morgan fingerprint density at radius 1 is 1.00 bits per heavy atom. The fourth-order valence-corrected chi connectivity index (χ4v) is 4.64. The highest BCUT2D eigenvalue weighted by atomic mass is 16.5. The predicted octanol–water partition coefficient (Wildman–Crippen LogP) is 4.18. The Bertz CT molecular complexity index is 1460. The minimum Gasteiger partial charge on any atom is -0.457 e. The quantitative estimate of drug-likeness (QED) is 0.383. The summed E-state index contributed by atoms with van der Waals surface area (Å²) in [6.45, 7) is 1.89. The predicted molar refractivity (Wildman–Crippen MR) is 147 cm³/mol. The molecule has 0 radical (unpaired) electrons. The maximum absolute atomic E-state index is 12.9. The zero-order valence-corrected chi connectivity index (χ0v) is 21.2. The normalized spacial score (nSPS) is 13.8. The van der Waals surface area contributed by atoms with E-state index in [-0.39, 0.29) is 17.0 Å². The fourth-order valence-electron chi connectivity index (χ4n) is 4.64. The summed E-state index contributed by atoms with van der Waals surface area (Å²) in [5.74, 6) is 2.69. The molecule has 3 heterocycles. The third-order valence-corrected chi connectivity index (χ3v) is 6.81. The Morgan fingerprint density at radius 2 is 1.71 bits per heavy atom. The number of aromatic nitrogens is 3. The number of nitrogen functional groups attached to an aromatic ring is 1. The zero-order valence-electron chi connectivity index (χ0n) is 21.2. The van der Waals surface area contributed by atoms with Crippen LogP contribution < -0.4 is 21.3 Å². The summed E-state index contributed by atoms with van der Waals surface area (Å²) in [6.07, 6.45) is 4.76. The summed E-state index contributed by atoms with van der Waals surface area (Å²) in [5, 5.41) is 3.45. The molecule has 38 heavy (non-hydrogen) atoms. The van der Waals surface area contributed by atoms with Gasteiger partial charge >= 0.3 is 0 Å². The van der Waals surface area contributed by atoms with Crippen LogP contribution in [0.25, 0.3) is 11.1 Å². The highest BCUT2D eigenvalue weighted by Gasteiger charge is 2.25. The van der Waals surface area contributed by atoms with E-state index in [1.165, 1.54) is 10.9 Å². The molecular weight excluding hydrogens is 480 g/mol. The Labute approximate surface area is 220 Å². The van der Waals surface area contributed by atoms with E-state index in [2.05, 4.69) is 15.3 Å². The van der Waals surface area contributed by atoms with Crippen LogP contribution in [0.4, 0.5) is 11.6 Å². The highest BCUT2D eigenvalue weighted by molar-refractivity contribution is 5.93. The highest BCUT2D eigenvalue weighted by Crippen LogP contribution is 2.33. The van der Waals surface area contributed by atoms with Crippen LogP contribution in [0.5, 0.6) is 11.5 Å². The molecule has 0 saturated carbocycles. The second-order valence-corrected chi connectivity index (χ2v) is 9.38. The summed E-state index contributed by atoms with van der Waals surface area (Å²) in [5.41, 5.74) is 7.83. The van der Waals surface area contributed by atoms with Gasteiger partial charge in [0.1, 0.15) is 35.0 Å². The number of carbonyl (C=O) groups excluding carboxylic acids is 1. The topological polar surface area (TPSA) is 115 Å². The Hall–Kier alpha value is -4.66. The van der Waals surface area contributed by atoms with Crippen molar-refractivity contribution in [2.45, 2.75) is 12.8 Å². The number of carbonyl (C=O) groups is 1. The van der Waals surface area contributed by atoms with Gasteiger partial charge in [0.15, 0.2) is 0 Å². The van der Waals surface area contributed by atoms with Gasteiger partial charge in [0.05, 0.1) is 5.56 Å². The van der Waals surface area contributed by atoms with Crippen LogP contribution in [0.15, 0.2) is 84.0 Å². The molecule has 194 valence electrons. The van der Waals surface area contributed by atoms with Crippen molar-refractivity contribution in [3.05, 3.63) is 95.2 Å². The number of amides is 1. The molecule has 3 N–H and O–H groups in total. The van der Waals surface area contributed by atoms with Gasteiger partial charge < -0.3 is 25.3 Å². The first kappa shape index (κ1) is 25.0. The van der Waals surface area contributed by atoms with E-state index in [1.807, 2.05) is 54.6 Å². The lowest BCUT2D eigenvalue weighted by Crippen LogP contribution is -2.42. The monoisotopic (exact) mass is 510 g/mol. The van der Waals surface area contributed by atoms with Gasteiger partial charge in [0.2, 0.25) is 0 Å². The number of nitrogens with zero attached hydrogens (tertiary/aromatic N) is 4. The van der Waals surface area contributed by atoms with Crippen molar-refractivity contribution in [1.82, 2.24) is 19.4 Å². The summed E-state index contributed by atoms with van der Waals surface area (Å²) in [4.78, 5) is 35.6. The van der Waals surface area contributed by atoms with E-state index in [4.69, 9.17) is 10.5 Å². The SMILES string of the molecule is Cn1cccc(C(=O)N2CCC(CNc3ncnc(N)c3-c3ccc(Oc4ccccc4)cc3)CC2)c1=O.